The average molecular weight is 326 g/mol. The van der Waals surface area contributed by atoms with Crippen LogP contribution in [0, 0.1) is 0 Å². The molecule has 1 N–H and O–H groups in total. The van der Waals surface area contributed by atoms with Crippen molar-refractivity contribution in [3.05, 3.63) is 34.9 Å². The van der Waals surface area contributed by atoms with E-state index in [0.717, 1.165) is 24.8 Å². The molecule has 1 aromatic carbocycles. The van der Waals surface area contributed by atoms with E-state index in [4.69, 9.17) is 11.6 Å². The van der Waals surface area contributed by atoms with Crippen molar-refractivity contribution in [3.8, 4) is 0 Å². The Hall–Kier alpha value is -1.20. The molecule has 0 spiro atoms. The van der Waals surface area contributed by atoms with Gasteiger partial charge < -0.3 is 10.0 Å². The van der Waals surface area contributed by atoms with E-state index in [-0.39, 0.29) is 5.91 Å². The van der Waals surface area contributed by atoms with Crippen molar-refractivity contribution in [2.24, 2.45) is 0 Å². The predicted octanol–water partition coefficient (Wildman–Crippen LogP) is 2.75. The van der Waals surface area contributed by atoms with E-state index in [9.17, 15) is 14.7 Å². The van der Waals surface area contributed by atoms with Gasteiger partial charge in [0, 0.05) is 10.8 Å². The van der Waals surface area contributed by atoms with E-state index < -0.39 is 17.4 Å². The summed E-state index contributed by atoms with van der Waals surface area (Å²) in [5, 5.41) is 9.88. The Kier molecular flexibility index (Phi) is 3.88. The zero-order chi connectivity index (χ0) is 15.0. The fourth-order valence-electron chi connectivity index (χ4n) is 3.06. The lowest BCUT2D eigenvalue weighted by atomic mass is 9.63. The number of rotatable bonds is 3. The second kappa shape index (κ2) is 5.54. The SMILES string of the molecule is O=C(O)C1CSCN1C(=O)C1(c2cccc(Cl)c2)CCC1. The number of nitrogens with zero attached hydrogens (tertiary/aromatic N) is 1. The number of aliphatic carboxylic acids is 1. The number of benzene rings is 1. The third kappa shape index (κ3) is 2.42. The molecule has 1 amide bonds. The van der Waals surface area contributed by atoms with Crippen molar-refractivity contribution in [2.45, 2.75) is 30.7 Å². The van der Waals surface area contributed by atoms with Crippen molar-refractivity contribution in [3.63, 3.8) is 0 Å². The van der Waals surface area contributed by atoms with Gasteiger partial charge >= 0.3 is 5.97 Å². The minimum atomic E-state index is -0.922. The van der Waals surface area contributed by atoms with Crippen LogP contribution in [0.4, 0.5) is 0 Å². The predicted molar refractivity (Wildman–Crippen MR) is 82.6 cm³/mol. The number of thioether (sulfide) groups is 1. The van der Waals surface area contributed by atoms with E-state index in [1.807, 2.05) is 18.2 Å². The summed E-state index contributed by atoms with van der Waals surface area (Å²) in [5.74, 6) is -0.0625. The number of carboxylic acid groups (broad SMARTS) is 1. The molecule has 3 rings (SSSR count). The van der Waals surface area contributed by atoms with Gasteiger partial charge in [0.15, 0.2) is 0 Å². The van der Waals surface area contributed by atoms with Crippen LogP contribution in [0.25, 0.3) is 0 Å². The van der Waals surface area contributed by atoms with Crippen molar-refractivity contribution in [1.82, 2.24) is 4.90 Å². The van der Waals surface area contributed by atoms with Gasteiger partial charge in [-0.1, -0.05) is 30.2 Å². The first-order valence-corrected chi connectivity index (χ1v) is 8.45. The maximum atomic E-state index is 13.0. The molecule has 1 atom stereocenters. The highest BCUT2D eigenvalue weighted by atomic mass is 35.5. The summed E-state index contributed by atoms with van der Waals surface area (Å²) < 4.78 is 0. The third-order valence-electron chi connectivity index (χ3n) is 4.42. The number of carboxylic acids is 1. The Morgan fingerprint density at radius 3 is 2.71 bits per heavy atom. The lowest BCUT2D eigenvalue weighted by Gasteiger charge is -2.43. The second-order valence-electron chi connectivity index (χ2n) is 5.57. The van der Waals surface area contributed by atoms with Crippen LogP contribution in [-0.2, 0) is 15.0 Å². The van der Waals surface area contributed by atoms with Crippen LogP contribution in [0.15, 0.2) is 24.3 Å². The summed E-state index contributed by atoms with van der Waals surface area (Å²) in [6, 6.07) is 6.67. The van der Waals surface area contributed by atoms with Gasteiger partial charge in [-0.15, -0.1) is 11.8 Å². The Labute approximate surface area is 132 Å². The van der Waals surface area contributed by atoms with Crippen molar-refractivity contribution in [1.29, 1.82) is 0 Å². The molecule has 6 heteroatoms. The van der Waals surface area contributed by atoms with E-state index in [1.54, 1.807) is 6.07 Å². The highest BCUT2D eigenvalue weighted by molar-refractivity contribution is 7.99. The third-order valence-corrected chi connectivity index (χ3v) is 5.67. The highest BCUT2D eigenvalue weighted by Crippen LogP contribution is 2.46. The van der Waals surface area contributed by atoms with Gasteiger partial charge in [-0.25, -0.2) is 4.79 Å². The molecule has 1 saturated carbocycles. The van der Waals surface area contributed by atoms with Gasteiger partial charge in [0.2, 0.25) is 5.91 Å². The molecule has 0 bridgehead atoms. The summed E-state index contributed by atoms with van der Waals surface area (Å²) >= 11 is 7.55. The molecule has 1 unspecified atom stereocenters. The molecule has 1 heterocycles. The second-order valence-corrected chi connectivity index (χ2v) is 7.01. The number of carbonyl (C=O) groups excluding carboxylic acids is 1. The molecular weight excluding hydrogens is 310 g/mol. The highest BCUT2D eigenvalue weighted by Gasteiger charge is 2.50. The smallest absolute Gasteiger partial charge is 0.327 e. The molecule has 0 radical (unpaired) electrons. The molecule has 0 aromatic heterocycles. The summed E-state index contributed by atoms with van der Waals surface area (Å²) in [6.45, 7) is 0. The average Bonchev–Trinajstić information content (AvgIpc) is 2.86. The summed E-state index contributed by atoms with van der Waals surface area (Å²) in [4.78, 5) is 25.8. The molecule has 21 heavy (non-hydrogen) atoms. The van der Waals surface area contributed by atoms with Gasteiger partial charge in [-0.3, -0.25) is 4.79 Å². The zero-order valence-electron chi connectivity index (χ0n) is 11.4. The van der Waals surface area contributed by atoms with Crippen molar-refractivity contribution >= 4 is 35.2 Å². The van der Waals surface area contributed by atoms with E-state index >= 15 is 0 Å². The maximum absolute atomic E-state index is 13.0. The molecule has 2 fully saturated rings. The lowest BCUT2D eigenvalue weighted by molar-refractivity contribution is -0.152. The fourth-order valence-corrected chi connectivity index (χ4v) is 4.40. The molecule has 1 saturated heterocycles. The summed E-state index contributed by atoms with van der Waals surface area (Å²) in [6.07, 6.45) is 2.51. The van der Waals surface area contributed by atoms with Gasteiger partial charge in [0.25, 0.3) is 0 Å². The topological polar surface area (TPSA) is 57.6 Å². The Morgan fingerprint density at radius 1 is 1.38 bits per heavy atom. The normalized spacial score (nSPS) is 23.7. The van der Waals surface area contributed by atoms with Crippen molar-refractivity contribution < 1.29 is 14.7 Å². The van der Waals surface area contributed by atoms with E-state index in [2.05, 4.69) is 0 Å². The minimum Gasteiger partial charge on any atom is -0.480 e. The molecule has 1 aliphatic heterocycles. The molecule has 1 aromatic rings. The number of hydrogen-bond acceptors (Lipinski definition) is 3. The quantitative estimate of drug-likeness (QED) is 0.928. The molecular formula is C15H16ClNO3S. The van der Waals surface area contributed by atoms with Gasteiger partial charge in [-0.2, -0.15) is 0 Å². The number of halogens is 1. The molecule has 112 valence electrons. The minimum absolute atomic E-state index is 0.0617. The Bertz CT molecular complexity index is 588. The molecule has 1 aliphatic carbocycles. The first kappa shape index (κ1) is 14.7. The molecule has 2 aliphatic rings. The lowest BCUT2D eigenvalue weighted by Crippen LogP contribution is -2.54. The van der Waals surface area contributed by atoms with Crippen LogP contribution < -0.4 is 0 Å². The Morgan fingerprint density at radius 2 is 2.14 bits per heavy atom. The largest absolute Gasteiger partial charge is 0.480 e. The summed E-state index contributed by atoms with van der Waals surface area (Å²) in [5.41, 5.74) is 0.330. The van der Waals surface area contributed by atoms with Crippen LogP contribution in [-0.4, -0.2) is 39.6 Å². The number of amides is 1. The fraction of sp³-hybridized carbons (Fsp3) is 0.467. The van der Waals surface area contributed by atoms with Gasteiger partial charge in [0.05, 0.1) is 11.3 Å². The monoisotopic (exact) mass is 325 g/mol. The summed E-state index contributed by atoms with van der Waals surface area (Å²) in [7, 11) is 0. The molecule has 4 nitrogen and oxygen atoms in total. The first-order chi connectivity index (χ1) is 10.0. The zero-order valence-corrected chi connectivity index (χ0v) is 13.0. The van der Waals surface area contributed by atoms with Gasteiger partial charge in [0.1, 0.15) is 6.04 Å². The van der Waals surface area contributed by atoms with Crippen LogP contribution in [0.5, 0.6) is 0 Å². The van der Waals surface area contributed by atoms with E-state index in [1.165, 1.54) is 16.7 Å². The Balaban J connectivity index is 1.92. The standard InChI is InChI=1S/C15H16ClNO3S/c16-11-4-1-3-10(7-11)15(5-2-6-15)14(20)17-9-21-8-12(17)13(18)19/h1,3-4,7,12H,2,5-6,8-9H2,(H,18,19). The van der Waals surface area contributed by atoms with Crippen LogP contribution in [0.2, 0.25) is 5.02 Å². The van der Waals surface area contributed by atoms with Gasteiger partial charge in [-0.05, 0) is 30.5 Å². The van der Waals surface area contributed by atoms with Crippen LogP contribution in [0.3, 0.4) is 0 Å². The van der Waals surface area contributed by atoms with Crippen molar-refractivity contribution in [2.75, 3.05) is 11.6 Å². The van der Waals surface area contributed by atoms with Crippen LogP contribution >= 0.6 is 23.4 Å². The number of carbonyl (C=O) groups is 2. The van der Waals surface area contributed by atoms with Crippen LogP contribution in [0.1, 0.15) is 24.8 Å². The first-order valence-electron chi connectivity index (χ1n) is 6.92. The maximum Gasteiger partial charge on any atom is 0.327 e. The van der Waals surface area contributed by atoms with E-state index in [0.29, 0.717) is 16.7 Å². The number of hydrogen-bond donors (Lipinski definition) is 1.